The van der Waals surface area contributed by atoms with Crippen molar-refractivity contribution in [3.05, 3.63) is 0 Å². The van der Waals surface area contributed by atoms with Crippen LogP contribution in [-0.4, -0.2) is 44.3 Å². The minimum atomic E-state index is 0.639. The highest BCUT2D eigenvalue weighted by Gasteiger charge is 2.08. The Labute approximate surface area is 74.9 Å². The first-order valence-electron chi connectivity index (χ1n) is 4.93. The highest BCUT2D eigenvalue weighted by Crippen LogP contribution is 2.07. The van der Waals surface area contributed by atoms with Crippen LogP contribution in [-0.2, 0) is 4.74 Å². The van der Waals surface area contributed by atoms with E-state index in [1.54, 1.807) is 0 Å². The average Bonchev–Trinajstić information content (AvgIpc) is 2.14. The molecule has 72 valence electrons. The predicted molar refractivity (Wildman–Crippen MR) is 50.2 cm³/mol. The number of ether oxygens (including phenoxy) is 1. The molecule has 1 aliphatic heterocycles. The molecule has 0 amide bonds. The molecule has 1 rings (SSSR count). The molecule has 0 spiro atoms. The van der Waals surface area contributed by atoms with Crippen molar-refractivity contribution >= 4 is 0 Å². The van der Waals surface area contributed by atoms with Gasteiger partial charge in [-0.1, -0.05) is 6.42 Å². The number of hydrogen-bond acceptors (Lipinski definition) is 3. The normalized spacial score (nSPS) is 19.8. The van der Waals surface area contributed by atoms with E-state index in [9.17, 15) is 0 Å². The predicted octanol–water partition coefficient (Wildman–Crippen LogP) is 0.448. The van der Waals surface area contributed by atoms with Gasteiger partial charge >= 0.3 is 0 Å². The molecule has 0 saturated carbocycles. The van der Waals surface area contributed by atoms with Gasteiger partial charge in [0.1, 0.15) is 0 Å². The molecule has 1 aliphatic rings. The standard InChI is InChI=1S/C9H20N2O/c10-4-8-12-9-7-11-5-2-1-3-6-11/h1-10H2. The van der Waals surface area contributed by atoms with Crippen LogP contribution in [0, 0.1) is 0 Å². The lowest BCUT2D eigenvalue weighted by molar-refractivity contribution is 0.101. The van der Waals surface area contributed by atoms with E-state index < -0.39 is 0 Å². The zero-order valence-corrected chi connectivity index (χ0v) is 7.80. The van der Waals surface area contributed by atoms with Gasteiger partial charge in [0.05, 0.1) is 13.2 Å². The van der Waals surface area contributed by atoms with Crippen molar-refractivity contribution in [1.29, 1.82) is 0 Å². The highest BCUT2D eigenvalue weighted by atomic mass is 16.5. The second-order valence-electron chi connectivity index (χ2n) is 3.30. The summed E-state index contributed by atoms with van der Waals surface area (Å²) in [7, 11) is 0. The van der Waals surface area contributed by atoms with Crippen molar-refractivity contribution in [2.45, 2.75) is 19.3 Å². The number of piperidine rings is 1. The number of likely N-dealkylation sites (tertiary alicyclic amines) is 1. The van der Waals surface area contributed by atoms with E-state index in [0.29, 0.717) is 13.2 Å². The molecule has 1 saturated heterocycles. The summed E-state index contributed by atoms with van der Waals surface area (Å²) in [5.74, 6) is 0. The van der Waals surface area contributed by atoms with E-state index in [-0.39, 0.29) is 0 Å². The van der Waals surface area contributed by atoms with E-state index >= 15 is 0 Å². The Balaban J connectivity index is 1.91. The second-order valence-corrected chi connectivity index (χ2v) is 3.30. The third-order valence-electron chi connectivity index (χ3n) is 2.26. The summed E-state index contributed by atoms with van der Waals surface area (Å²) in [5.41, 5.74) is 5.31. The number of hydrogen-bond donors (Lipinski definition) is 1. The van der Waals surface area contributed by atoms with E-state index in [0.717, 1.165) is 13.2 Å². The lowest BCUT2D eigenvalue weighted by atomic mass is 10.1. The van der Waals surface area contributed by atoms with Crippen LogP contribution in [0.5, 0.6) is 0 Å². The Morgan fingerprint density at radius 2 is 1.83 bits per heavy atom. The lowest BCUT2D eigenvalue weighted by Crippen LogP contribution is -2.33. The summed E-state index contributed by atoms with van der Waals surface area (Å²) < 4.78 is 5.32. The fourth-order valence-corrected chi connectivity index (χ4v) is 1.56. The molecule has 1 heterocycles. The molecule has 3 nitrogen and oxygen atoms in total. The van der Waals surface area contributed by atoms with E-state index in [2.05, 4.69) is 4.90 Å². The van der Waals surface area contributed by atoms with Gasteiger partial charge in [0.2, 0.25) is 0 Å². The summed E-state index contributed by atoms with van der Waals surface area (Å²) in [6, 6.07) is 0. The van der Waals surface area contributed by atoms with Crippen LogP contribution in [0.2, 0.25) is 0 Å². The van der Waals surface area contributed by atoms with E-state index in [1.807, 2.05) is 0 Å². The maximum atomic E-state index is 5.32. The average molecular weight is 172 g/mol. The van der Waals surface area contributed by atoms with Gasteiger partial charge in [-0.25, -0.2) is 0 Å². The van der Waals surface area contributed by atoms with Gasteiger partial charge in [-0.05, 0) is 25.9 Å². The molecule has 0 atom stereocenters. The van der Waals surface area contributed by atoms with Gasteiger partial charge in [-0.3, -0.25) is 0 Å². The molecule has 1 fully saturated rings. The Morgan fingerprint density at radius 1 is 1.08 bits per heavy atom. The van der Waals surface area contributed by atoms with Crippen molar-refractivity contribution in [1.82, 2.24) is 4.90 Å². The topological polar surface area (TPSA) is 38.5 Å². The van der Waals surface area contributed by atoms with Gasteiger partial charge < -0.3 is 15.4 Å². The number of rotatable bonds is 5. The third kappa shape index (κ3) is 4.04. The zero-order chi connectivity index (χ0) is 8.65. The monoisotopic (exact) mass is 172 g/mol. The summed E-state index contributed by atoms with van der Waals surface area (Å²) in [4.78, 5) is 2.47. The quantitative estimate of drug-likeness (QED) is 0.612. The summed E-state index contributed by atoms with van der Waals surface area (Å²) in [6.07, 6.45) is 4.12. The molecular formula is C9H20N2O. The molecular weight excluding hydrogens is 152 g/mol. The molecule has 2 N–H and O–H groups in total. The second kappa shape index (κ2) is 6.40. The molecule has 0 aromatic rings. The van der Waals surface area contributed by atoms with Crippen LogP contribution < -0.4 is 5.73 Å². The molecule has 0 aromatic heterocycles. The Morgan fingerprint density at radius 3 is 2.50 bits per heavy atom. The Hall–Kier alpha value is -0.120. The maximum Gasteiger partial charge on any atom is 0.0594 e. The van der Waals surface area contributed by atoms with E-state index in [4.69, 9.17) is 10.5 Å². The fraction of sp³-hybridized carbons (Fsp3) is 1.00. The molecule has 0 unspecified atom stereocenters. The van der Waals surface area contributed by atoms with Crippen LogP contribution in [0.15, 0.2) is 0 Å². The first kappa shape index (κ1) is 9.96. The summed E-state index contributed by atoms with van der Waals surface area (Å²) in [6.45, 7) is 5.78. The van der Waals surface area contributed by atoms with Crippen LogP contribution in [0.3, 0.4) is 0 Å². The molecule has 0 bridgehead atoms. The maximum absolute atomic E-state index is 5.32. The van der Waals surface area contributed by atoms with Gasteiger partial charge in [-0.15, -0.1) is 0 Å². The Bertz CT molecular complexity index is 103. The van der Waals surface area contributed by atoms with Crippen molar-refractivity contribution in [2.24, 2.45) is 5.73 Å². The van der Waals surface area contributed by atoms with Gasteiger partial charge in [0.15, 0.2) is 0 Å². The zero-order valence-electron chi connectivity index (χ0n) is 7.80. The van der Waals surface area contributed by atoms with E-state index in [1.165, 1.54) is 32.4 Å². The summed E-state index contributed by atoms with van der Waals surface area (Å²) in [5, 5.41) is 0. The summed E-state index contributed by atoms with van der Waals surface area (Å²) >= 11 is 0. The van der Waals surface area contributed by atoms with Gasteiger partial charge in [-0.2, -0.15) is 0 Å². The molecule has 0 aliphatic carbocycles. The van der Waals surface area contributed by atoms with Crippen molar-refractivity contribution < 1.29 is 4.74 Å². The minimum Gasteiger partial charge on any atom is -0.379 e. The third-order valence-corrected chi connectivity index (χ3v) is 2.26. The first-order chi connectivity index (χ1) is 5.93. The smallest absolute Gasteiger partial charge is 0.0594 e. The molecule has 3 heteroatoms. The lowest BCUT2D eigenvalue weighted by Gasteiger charge is -2.25. The Kier molecular flexibility index (Phi) is 5.32. The molecule has 0 radical (unpaired) electrons. The van der Waals surface area contributed by atoms with Crippen LogP contribution >= 0.6 is 0 Å². The van der Waals surface area contributed by atoms with Crippen LogP contribution in [0.25, 0.3) is 0 Å². The van der Waals surface area contributed by atoms with Crippen molar-refractivity contribution in [2.75, 3.05) is 39.4 Å². The van der Waals surface area contributed by atoms with Crippen LogP contribution in [0.1, 0.15) is 19.3 Å². The molecule has 12 heavy (non-hydrogen) atoms. The number of nitrogens with two attached hydrogens (primary N) is 1. The number of nitrogens with zero attached hydrogens (tertiary/aromatic N) is 1. The minimum absolute atomic E-state index is 0.639. The first-order valence-corrected chi connectivity index (χ1v) is 4.93. The molecule has 0 aromatic carbocycles. The van der Waals surface area contributed by atoms with Crippen LogP contribution in [0.4, 0.5) is 0 Å². The van der Waals surface area contributed by atoms with Crippen molar-refractivity contribution in [3.8, 4) is 0 Å². The largest absolute Gasteiger partial charge is 0.379 e. The fourth-order valence-electron chi connectivity index (χ4n) is 1.56. The SMILES string of the molecule is NCCOCCN1CCCCC1. The van der Waals surface area contributed by atoms with Gasteiger partial charge in [0.25, 0.3) is 0 Å². The highest BCUT2D eigenvalue weighted by molar-refractivity contribution is 4.63. The van der Waals surface area contributed by atoms with Gasteiger partial charge in [0, 0.05) is 13.1 Å². The van der Waals surface area contributed by atoms with Crippen molar-refractivity contribution in [3.63, 3.8) is 0 Å².